The molecule has 1 saturated carbocycles. The first-order chi connectivity index (χ1) is 11.1. The number of carbonyl (C=O) groups is 1. The van der Waals surface area contributed by atoms with E-state index < -0.39 is 4.92 Å². The fourth-order valence-electron chi connectivity index (χ4n) is 2.88. The first-order valence-electron chi connectivity index (χ1n) is 7.69. The van der Waals surface area contributed by atoms with Gasteiger partial charge in [0.15, 0.2) is 0 Å². The summed E-state index contributed by atoms with van der Waals surface area (Å²) in [6.07, 6.45) is 4.08. The van der Waals surface area contributed by atoms with Crippen LogP contribution >= 0.6 is 0 Å². The van der Waals surface area contributed by atoms with Gasteiger partial charge in [-0.25, -0.2) is 4.98 Å². The minimum absolute atomic E-state index is 0.00941. The number of pyridine rings is 1. The Balaban J connectivity index is 1.81. The smallest absolute Gasteiger partial charge is 0.329 e. The Kier molecular flexibility index (Phi) is 4.10. The number of anilines is 1. The van der Waals surface area contributed by atoms with Crippen molar-refractivity contribution < 1.29 is 9.72 Å². The van der Waals surface area contributed by atoms with Gasteiger partial charge in [0.1, 0.15) is 11.6 Å². The van der Waals surface area contributed by atoms with Gasteiger partial charge in [-0.2, -0.15) is 5.26 Å². The maximum absolute atomic E-state index is 12.2. The number of amides is 1. The van der Waals surface area contributed by atoms with Gasteiger partial charge in [0, 0.05) is 38.3 Å². The summed E-state index contributed by atoms with van der Waals surface area (Å²) in [6, 6.07) is 3.20. The minimum atomic E-state index is -0.557. The van der Waals surface area contributed by atoms with E-state index in [1.807, 2.05) is 11.0 Å². The topological polar surface area (TPSA) is 103 Å². The number of nitro groups is 1. The number of carbonyl (C=O) groups excluding carboxylic acids is 1. The average molecular weight is 315 g/mol. The molecule has 0 N–H and O–H groups in total. The van der Waals surface area contributed by atoms with E-state index in [1.165, 1.54) is 12.3 Å². The summed E-state index contributed by atoms with van der Waals surface area (Å²) < 4.78 is 0. The third-order valence-corrected chi connectivity index (χ3v) is 4.24. The van der Waals surface area contributed by atoms with Crippen LogP contribution in [0.15, 0.2) is 12.3 Å². The molecule has 0 spiro atoms. The first-order valence-corrected chi connectivity index (χ1v) is 7.69. The summed E-state index contributed by atoms with van der Waals surface area (Å²) in [4.78, 5) is 30.7. The summed E-state index contributed by atoms with van der Waals surface area (Å²) >= 11 is 0. The van der Waals surface area contributed by atoms with Crippen molar-refractivity contribution in [2.24, 2.45) is 5.92 Å². The van der Waals surface area contributed by atoms with Gasteiger partial charge in [0.05, 0.1) is 4.92 Å². The Labute approximate surface area is 133 Å². The molecule has 3 rings (SSSR count). The van der Waals surface area contributed by atoms with Crippen molar-refractivity contribution in [3.05, 3.63) is 27.9 Å². The molecule has 1 amide bonds. The van der Waals surface area contributed by atoms with Crippen molar-refractivity contribution in [2.75, 3.05) is 31.1 Å². The fraction of sp³-hybridized carbons (Fsp3) is 0.533. The molecule has 0 bridgehead atoms. The molecule has 0 radical (unpaired) electrons. The van der Waals surface area contributed by atoms with E-state index in [9.17, 15) is 14.9 Å². The van der Waals surface area contributed by atoms with Gasteiger partial charge in [-0.15, -0.1) is 0 Å². The molecule has 2 heterocycles. The van der Waals surface area contributed by atoms with E-state index in [0.29, 0.717) is 26.2 Å². The number of nitrogens with zero attached hydrogens (tertiary/aromatic N) is 5. The van der Waals surface area contributed by atoms with E-state index >= 15 is 0 Å². The Morgan fingerprint density at radius 1 is 1.35 bits per heavy atom. The number of aromatic nitrogens is 1. The second kappa shape index (κ2) is 6.20. The Bertz CT molecular complexity index is 680. The van der Waals surface area contributed by atoms with Crippen LogP contribution < -0.4 is 4.90 Å². The maximum atomic E-state index is 12.2. The van der Waals surface area contributed by atoms with Crippen LogP contribution in [0.5, 0.6) is 0 Å². The maximum Gasteiger partial charge on any atom is 0.329 e. The molecular formula is C15H17N5O3. The minimum Gasteiger partial charge on any atom is -0.349 e. The summed E-state index contributed by atoms with van der Waals surface area (Å²) in [5.41, 5.74) is -0.243. The lowest BCUT2D eigenvalue weighted by atomic mass is 10.2. The molecule has 120 valence electrons. The van der Waals surface area contributed by atoms with Crippen LogP contribution in [-0.2, 0) is 4.79 Å². The molecule has 0 unspecified atom stereocenters. The molecule has 23 heavy (non-hydrogen) atoms. The van der Waals surface area contributed by atoms with Crippen LogP contribution in [0, 0.1) is 27.4 Å². The van der Waals surface area contributed by atoms with Crippen molar-refractivity contribution in [3.8, 4) is 6.07 Å². The second-order valence-electron chi connectivity index (χ2n) is 5.84. The predicted octanol–water partition coefficient (Wildman–Crippen LogP) is 1.31. The monoisotopic (exact) mass is 315 g/mol. The standard InChI is InChI=1S/C15H17N5O3/c16-10-12-4-5-17-14(13(12)20(22)23)18-6-1-7-19(9-8-18)15(21)11-2-3-11/h4-5,11H,1-3,6-9H2. The van der Waals surface area contributed by atoms with Crippen LogP contribution in [0.3, 0.4) is 0 Å². The zero-order valence-electron chi connectivity index (χ0n) is 12.6. The van der Waals surface area contributed by atoms with Gasteiger partial charge in [-0.1, -0.05) is 0 Å². The number of rotatable bonds is 3. The van der Waals surface area contributed by atoms with Crippen molar-refractivity contribution in [3.63, 3.8) is 0 Å². The molecule has 0 atom stereocenters. The molecule has 1 aromatic rings. The van der Waals surface area contributed by atoms with Gasteiger partial charge >= 0.3 is 5.69 Å². The molecule has 8 heteroatoms. The van der Waals surface area contributed by atoms with Gasteiger partial charge in [-0.3, -0.25) is 14.9 Å². The molecular weight excluding hydrogens is 298 g/mol. The number of hydrogen-bond acceptors (Lipinski definition) is 6. The zero-order valence-corrected chi connectivity index (χ0v) is 12.6. The van der Waals surface area contributed by atoms with E-state index in [0.717, 1.165) is 19.3 Å². The lowest BCUT2D eigenvalue weighted by Crippen LogP contribution is -2.36. The van der Waals surface area contributed by atoms with Gasteiger partial charge < -0.3 is 9.80 Å². The molecule has 2 aliphatic rings. The van der Waals surface area contributed by atoms with Crippen LogP contribution in [0.25, 0.3) is 0 Å². The largest absolute Gasteiger partial charge is 0.349 e. The molecule has 1 aliphatic heterocycles. The molecule has 8 nitrogen and oxygen atoms in total. The van der Waals surface area contributed by atoms with Crippen molar-refractivity contribution in [1.29, 1.82) is 5.26 Å². The molecule has 0 aromatic carbocycles. The normalized spacial score (nSPS) is 18.2. The average Bonchev–Trinajstić information content (AvgIpc) is 3.39. The van der Waals surface area contributed by atoms with Crippen LogP contribution in [0.2, 0.25) is 0 Å². The highest BCUT2D eigenvalue weighted by molar-refractivity contribution is 5.81. The number of nitriles is 1. The Morgan fingerprint density at radius 2 is 2.13 bits per heavy atom. The lowest BCUT2D eigenvalue weighted by Gasteiger charge is -2.22. The highest BCUT2D eigenvalue weighted by Crippen LogP contribution is 2.32. The van der Waals surface area contributed by atoms with Crippen molar-refractivity contribution in [2.45, 2.75) is 19.3 Å². The van der Waals surface area contributed by atoms with Gasteiger partial charge in [0.25, 0.3) is 0 Å². The molecule has 1 saturated heterocycles. The first kappa shape index (κ1) is 15.2. The van der Waals surface area contributed by atoms with Crippen molar-refractivity contribution >= 4 is 17.4 Å². The van der Waals surface area contributed by atoms with Crippen LogP contribution in [0.1, 0.15) is 24.8 Å². The summed E-state index contributed by atoms with van der Waals surface area (Å²) in [6.45, 7) is 2.26. The SMILES string of the molecule is N#Cc1ccnc(N2CCCN(C(=O)C3CC3)CC2)c1[N+](=O)[O-]. The number of hydrogen-bond donors (Lipinski definition) is 0. The highest BCUT2D eigenvalue weighted by atomic mass is 16.6. The quantitative estimate of drug-likeness (QED) is 0.615. The third-order valence-electron chi connectivity index (χ3n) is 4.24. The summed E-state index contributed by atoms with van der Waals surface area (Å²) in [5, 5.41) is 20.4. The van der Waals surface area contributed by atoms with Crippen LogP contribution in [0.4, 0.5) is 11.5 Å². The van der Waals surface area contributed by atoms with Gasteiger partial charge in [-0.05, 0) is 25.3 Å². The predicted molar refractivity (Wildman–Crippen MR) is 81.7 cm³/mol. The summed E-state index contributed by atoms with van der Waals surface area (Å²) in [5.74, 6) is 0.589. The third kappa shape index (κ3) is 3.08. The second-order valence-corrected chi connectivity index (χ2v) is 5.84. The van der Waals surface area contributed by atoms with Gasteiger partial charge in [0.2, 0.25) is 11.7 Å². The molecule has 1 aromatic heterocycles. The highest BCUT2D eigenvalue weighted by Gasteiger charge is 2.34. The Morgan fingerprint density at radius 3 is 2.78 bits per heavy atom. The summed E-state index contributed by atoms with van der Waals surface area (Å²) in [7, 11) is 0. The van der Waals surface area contributed by atoms with E-state index in [2.05, 4.69) is 4.98 Å². The lowest BCUT2D eigenvalue weighted by molar-refractivity contribution is -0.384. The van der Waals surface area contributed by atoms with E-state index in [-0.39, 0.29) is 28.9 Å². The Hall–Kier alpha value is -2.69. The van der Waals surface area contributed by atoms with Crippen molar-refractivity contribution in [1.82, 2.24) is 9.88 Å². The molecule has 2 fully saturated rings. The van der Waals surface area contributed by atoms with E-state index in [1.54, 1.807) is 4.90 Å². The fourth-order valence-corrected chi connectivity index (χ4v) is 2.88. The molecule has 1 aliphatic carbocycles. The van der Waals surface area contributed by atoms with E-state index in [4.69, 9.17) is 5.26 Å². The zero-order chi connectivity index (χ0) is 16.4. The van der Waals surface area contributed by atoms with Crippen LogP contribution in [-0.4, -0.2) is 46.9 Å².